The maximum atomic E-state index is 5.68. The molecule has 16 heavy (non-hydrogen) atoms. The van der Waals surface area contributed by atoms with Crippen LogP contribution in [0.25, 0.3) is 0 Å². The number of halogens is 2. The Morgan fingerprint density at radius 1 is 1.19 bits per heavy atom. The predicted molar refractivity (Wildman–Crippen MR) is 69.8 cm³/mol. The topological polar surface area (TPSA) is 34.1 Å². The molecule has 1 aromatic heterocycles. The van der Waals surface area contributed by atoms with Gasteiger partial charge in [0.05, 0.1) is 6.61 Å². The van der Waals surface area contributed by atoms with E-state index in [1.807, 2.05) is 12.1 Å². The maximum absolute atomic E-state index is 5.68. The lowest BCUT2D eigenvalue weighted by Crippen LogP contribution is -2.30. The summed E-state index contributed by atoms with van der Waals surface area (Å²) in [5, 5.41) is 3.35. The van der Waals surface area contributed by atoms with Crippen LogP contribution in [0, 0.1) is 5.92 Å². The van der Waals surface area contributed by atoms with Crippen molar-refractivity contribution < 1.29 is 4.74 Å². The summed E-state index contributed by atoms with van der Waals surface area (Å²) < 4.78 is 5.68. The number of nitrogens with zero attached hydrogens (tertiary/aromatic N) is 1. The van der Waals surface area contributed by atoms with Gasteiger partial charge in [0.2, 0.25) is 0 Å². The minimum atomic E-state index is 0. The van der Waals surface area contributed by atoms with Crippen molar-refractivity contribution in [3.8, 4) is 5.75 Å². The van der Waals surface area contributed by atoms with Crippen molar-refractivity contribution >= 4 is 24.8 Å². The summed E-state index contributed by atoms with van der Waals surface area (Å²) in [7, 11) is 0. The van der Waals surface area contributed by atoms with Gasteiger partial charge in [-0.25, -0.2) is 0 Å². The largest absolute Gasteiger partial charge is 0.493 e. The molecule has 1 aliphatic rings. The van der Waals surface area contributed by atoms with Gasteiger partial charge in [0.25, 0.3) is 0 Å². The Morgan fingerprint density at radius 2 is 1.81 bits per heavy atom. The van der Waals surface area contributed by atoms with Gasteiger partial charge in [0.15, 0.2) is 0 Å². The number of hydrogen-bond donors (Lipinski definition) is 1. The molecule has 0 unspecified atom stereocenters. The fourth-order valence-corrected chi connectivity index (χ4v) is 1.70. The molecule has 1 saturated heterocycles. The number of aromatic nitrogens is 1. The number of hydrogen-bond acceptors (Lipinski definition) is 3. The van der Waals surface area contributed by atoms with Gasteiger partial charge in [0, 0.05) is 12.4 Å². The van der Waals surface area contributed by atoms with Crippen molar-refractivity contribution in [1.29, 1.82) is 0 Å². The number of nitrogens with one attached hydrogen (secondary N) is 1. The molecule has 0 aromatic carbocycles. The Hall–Kier alpha value is -0.510. The monoisotopic (exact) mass is 264 g/mol. The third-order valence-corrected chi connectivity index (χ3v) is 2.59. The van der Waals surface area contributed by atoms with E-state index in [1.165, 1.54) is 12.8 Å². The summed E-state index contributed by atoms with van der Waals surface area (Å²) in [5.74, 6) is 1.64. The minimum absolute atomic E-state index is 0. The van der Waals surface area contributed by atoms with E-state index < -0.39 is 0 Å². The molecule has 0 amide bonds. The molecule has 0 radical (unpaired) electrons. The average Bonchev–Trinajstić information content (AvgIpc) is 2.29. The van der Waals surface area contributed by atoms with Crippen molar-refractivity contribution in [2.45, 2.75) is 12.8 Å². The third-order valence-electron chi connectivity index (χ3n) is 2.59. The van der Waals surface area contributed by atoms with Gasteiger partial charge in [-0.15, -0.1) is 24.8 Å². The van der Waals surface area contributed by atoms with Crippen LogP contribution in [0.4, 0.5) is 0 Å². The normalized spacial score (nSPS) is 15.8. The molecule has 0 spiro atoms. The Labute approximate surface area is 109 Å². The molecule has 1 N–H and O–H groups in total. The molecule has 5 heteroatoms. The van der Waals surface area contributed by atoms with Crippen LogP contribution in [0.2, 0.25) is 0 Å². The van der Waals surface area contributed by atoms with Crippen LogP contribution < -0.4 is 10.1 Å². The summed E-state index contributed by atoms with van der Waals surface area (Å²) in [5.41, 5.74) is 0. The van der Waals surface area contributed by atoms with Gasteiger partial charge < -0.3 is 10.1 Å². The molecule has 1 aliphatic heterocycles. The Morgan fingerprint density at radius 3 is 2.44 bits per heavy atom. The third kappa shape index (κ3) is 5.01. The van der Waals surface area contributed by atoms with E-state index in [1.54, 1.807) is 12.4 Å². The molecule has 1 fully saturated rings. The number of rotatable bonds is 3. The quantitative estimate of drug-likeness (QED) is 0.910. The number of ether oxygens (including phenoxy) is 1. The Bertz CT molecular complexity index is 266. The molecule has 0 aliphatic carbocycles. The van der Waals surface area contributed by atoms with Crippen LogP contribution in [0.3, 0.4) is 0 Å². The van der Waals surface area contributed by atoms with Crippen molar-refractivity contribution in [2.75, 3.05) is 19.7 Å². The van der Waals surface area contributed by atoms with E-state index in [9.17, 15) is 0 Å². The summed E-state index contributed by atoms with van der Waals surface area (Å²) in [4.78, 5) is 3.95. The highest BCUT2D eigenvalue weighted by molar-refractivity contribution is 5.85. The van der Waals surface area contributed by atoms with Gasteiger partial charge in [-0.1, -0.05) is 0 Å². The molecule has 92 valence electrons. The summed E-state index contributed by atoms with van der Waals surface area (Å²) in [6.07, 6.45) is 5.98. The van der Waals surface area contributed by atoms with Crippen molar-refractivity contribution in [1.82, 2.24) is 10.3 Å². The smallest absolute Gasteiger partial charge is 0.122 e. The van der Waals surface area contributed by atoms with Crippen LogP contribution in [-0.2, 0) is 0 Å². The summed E-state index contributed by atoms with van der Waals surface area (Å²) in [6, 6.07) is 3.81. The standard InChI is InChI=1S/C11H16N2O.2ClH/c1-5-12-6-2-10(1)9-14-11-3-7-13-8-4-11;;/h3-4,7-8,10,12H,1-2,5-6,9H2;2*1H. The van der Waals surface area contributed by atoms with Crippen molar-refractivity contribution in [3.63, 3.8) is 0 Å². The first-order valence-electron chi connectivity index (χ1n) is 5.19. The van der Waals surface area contributed by atoms with Gasteiger partial charge in [-0.05, 0) is 44.0 Å². The first-order valence-corrected chi connectivity index (χ1v) is 5.19. The molecule has 2 rings (SSSR count). The second kappa shape index (κ2) is 8.62. The van der Waals surface area contributed by atoms with Crippen molar-refractivity contribution in [3.05, 3.63) is 24.5 Å². The molecular formula is C11H18Cl2N2O. The second-order valence-corrected chi connectivity index (χ2v) is 3.69. The van der Waals surface area contributed by atoms with Crippen LogP contribution in [0.1, 0.15) is 12.8 Å². The van der Waals surface area contributed by atoms with Gasteiger partial charge in [-0.3, -0.25) is 4.98 Å². The van der Waals surface area contributed by atoms with E-state index in [-0.39, 0.29) is 24.8 Å². The summed E-state index contributed by atoms with van der Waals surface area (Å²) >= 11 is 0. The van der Waals surface area contributed by atoms with Crippen LogP contribution in [-0.4, -0.2) is 24.7 Å². The SMILES string of the molecule is Cl.Cl.c1cc(OCC2CCNCC2)ccn1. The van der Waals surface area contributed by atoms with Gasteiger partial charge in [0.1, 0.15) is 5.75 Å². The molecule has 1 aromatic rings. The first-order chi connectivity index (χ1) is 6.95. The number of pyridine rings is 1. The highest BCUT2D eigenvalue weighted by Crippen LogP contribution is 2.14. The first kappa shape index (κ1) is 15.5. The van der Waals surface area contributed by atoms with E-state index >= 15 is 0 Å². The highest BCUT2D eigenvalue weighted by atomic mass is 35.5. The zero-order valence-electron chi connectivity index (χ0n) is 9.09. The van der Waals surface area contributed by atoms with Crippen molar-refractivity contribution in [2.24, 2.45) is 5.92 Å². The molecule has 0 atom stereocenters. The van der Waals surface area contributed by atoms with Crippen LogP contribution in [0.5, 0.6) is 5.75 Å². The van der Waals surface area contributed by atoms with Gasteiger partial charge >= 0.3 is 0 Å². The van der Waals surface area contributed by atoms with E-state index in [2.05, 4.69) is 10.3 Å². The fourth-order valence-electron chi connectivity index (χ4n) is 1.70. The second-order valence-electron chi connectivity index (χ2n) is 3.69. The Balaban J connectivity index is 0.00000112. The Kier molecular flexibility index (Phi) is 8.35. The van der Waals surface area contributed by atoms with E-state index in [0.717, 1.165) is 25.4 Å². The lowest BCUT2D eigenvalue weighted by Gasteiger charge is -2.22. The zero-order chi connectivity index (χ0) is 9.64. The van der Waals surface area contributed by atoms with Gasteiger partial charge in [-0.2, -0.15) is 0 Å². The van der Waals surface area contributed by atoms with E-state index in [0.29, 0.717) is 5.92 Å². The van der Waals surface area contributed by atoms with E-state index in [4.69, 9.17) is 4.74 Å². The fraction of sp³-hybridized carbons (Fsp3) is 0.545. The average molecular weight is 265 g/mol. The lowest BCUT2D eigenvalue weighted by molar-refractivity contribution is 0.215. The summed E-state index contributed by atoms with van der Waals surface area (Å²) in [6.45, 7) is 3.10. The molecular weight excluding hydrogens is 247 g/mol. The molecule has 0 bridgehead atoms. The molecule has 3 nitrogen and oxygen atoms in total. The number of piperidine rings is 1. The molecule has 2 heterocycles. The lowest BCUT2D eigenvalue weighted by atomic mass is 9.99. The highest BCUT2D eigenvalue weighted by Gasteiger charge is 2.13. The zero-order valence-corrected chi connectivity index (χ0v) is 10.7. The van der Waals surface area contributed by atoms with Crippen LogP contribution in [0.15, 0.2) is 24.5 Å². The molecule has 0 saturated carbocycles. The maximum Gasteiger partial charge on any atom is 0.122 e. The minimum Gasteiger partial charge on any atom is -0.493 e. The predicted octanol–water partition coefficient (Wildman–Crippen LogP) is 2.30. The van der Waals surface area contributed by atoms with Crippen LogP contribution >= 0.6 is 24.8 Å².